The quantitative estimate of drug-likeness (QED) is 0.753. The molecule has 0 aromatic carbocycles. The van der Waals surface area contributed by atoms with Gasteiger partial charge in [0.15, 0.2) is 0 Å². The summed E-state index contributed by atoms with van der Waals surface area (Å²) in [6.07, 6.45) is 1.67. The molecule has 1 heterocycles. The van der Waals surface area contributed by atoms with E-state index in [1.54, 1.807) is 27.2 Å². The van der Waals surface area contributed by atoms with E-state index in [-0.39, 0.29) is 12.0 Å². The van der Waals surface area contributed by atoms with Crippen LogP contribution in [0.15, 0.2) is 18.3 Å². The van der Waals surface area contributed by atoms with E-state index in [9.17, 15) is 4.79 Å². The number of nitrogens with zero attached hydrogens (tertiary/aromatic N) is 1. The van der Waals surface area contributed by atoms with Gasteiger partial charge in [-0.3, -0.25) is 4.79 Å². The molecule has 1 aromatic rings. The lowest BCUT2D eigenvalue weighted by atomic mass is 10.2. The van der Waals surface area contributed by atoms with Crippen LogP contribution in [0.1, 0.15) is 19.4 Å². The summed E-state index contributed by atoms with van der Waals surface area (Å²) in [5, 5.41) is 3.08. The van der Waals surface area contributed by atoms with E-state index in [1.165, 1.54) is 0 Å². The summed E-state index contributed by atoms with van der Waals surface area (Å²) in [5.41, 5.74) is 1.01. The second-order valence-electron chi connectivity index (χ2n) is 3.56. The van der Waals surface area contributed by atoms with E-state index in [4.69, 9.17) is 9.47 Å². The van der Waals surface area contributed by atoms with Gasteiger partial charge in [-0.05, 0) is 25.5 Å². The lowest BCUT2D eigenvalue weighted by molar-refractivity contribution is -0.145. The molecule has 0 amide bonds. The fourth-order valence-corrected chi connectivity index (χ4v) is 1.29. The van der Waals surface area contributed by atoms with Gasteiger partial charge in [0, 0.05) is 18.8 Å². The predicted octanol–water partition coefficient (Wildman–Crippen LogP) is 1.13. The van der Waals surface area contributed by atoms with Gasteiger partial charge in [-0.2, -0.15) is 0 Å². The highest BCUT2D eigenvalue weighted by molar-refractivity contribution is 5.75. The number of nitrogens with one attached hydrogen (secondary N) is 1. The molecule has 1 N–H and O–H groups in total. The molecule has 0 aliphatic heterocycles. The van der Waals surface area contributed by atoms with Gasteiger partial charge in [0.25, 0.3) is 0 Å². The zero-order valence-electron chi connectivity index (χ0n) is 10.4. The molecule has 0 bridgehead atoms. The number of methoxy groups -OCH3 is 1. The molecule has 5 nitrogen and oxygen atoms in total. The molecule has 0 aliphatic rings. The Balaban J connectivity index is 2.46. The van der Waals surface area contributed by atoms with Crippen LogP contribution in [0.25, 0.3) is 0 Å². The van der Waals surface area contributed by atoms with Crippen molar-refractivity contribution in [3.8, 4) is 5.88 Å². The number of carbonyl (C=O) groups excluding carboxylic acids is 1. The van der Waals surface area contributed by atoms with Crippen molar-refractivity contribution in [2.75, 3.05) is 13.7 Å². The Bertz CT molecular complexity index is 369. The van der Waals surface area contributed by atoms with Gasteiger partial charge in [-0.1, -0.05) is 0 Å². The van der Waals surface area contributed by atoms with E-state index < -0.39 is 0 Å². The van der Waals surface area contributed by atoms with Crippen LogP contribution < -0.4 is 10.1 Å². The molecule has 17 heavy (non-hydrogen) atoms. The number of ether oxygens (including phenoxy) is 2. The zero-order valence-corrected chi connectivity index (χ0v) is 10.4. The first-order chi connectivity index (χ1) is 8.17. The Morgan fingerprint density at radius 3 is 3.00 bits per heavy atom. The van der Waals surface area contributed by atoms with E-state index >= 15 is 0 Å². The monoisotopic (exact) mass is 238 g/mol. The highest BCUT2D eigenvalue weighted by atomic mass is 16.5. The summed E-state index contributed by atoms with van der Waals surface area (Å²) in [5.74, 6) is 0.321. The smallest absolute Gasteiger partial charge is 0.322 e. The fourth-order valence-electron chi connectivity index (χ4n) is 1.29. The number of esters is 1. The Morgan fingerprint density at radius 2 is 2.35 bits per heavy atom. The predicted molar refractivity (Wildman–Crippen MR) is 63.7 cm³/mol. The lowest BCUT2D eigenvalue weighted by Crippen LogP contribution is -2.34. The summed E-state index contributed by atoms with van der Waals surface area (Å²) in [7, 11) is 1.57. The minimum absolute atomic E-state index is 0.242. The van der Waals surface area contributed by atoms with Crippen molar-refractivity contribution in [1.29, 1.82) is 0 Å². The number of rotatable bonds is 6. The highest BCUT2D eigenvalue weighted by Crippen LogP contribution is 2.08. The Labute approximate surface area is 101 Å². The standard InChI is InChI=1S/C12H18N2O3/c1-4-17-12(15)9(2)14-8-10-5-6-13-11(7-10)16-3/h5-7,9,14H,4,8H2,1-3H3. The van der Waals surface area contributed by atoms with Gasteiger partial charge in [0.1, 0.15) is 6.04 Å². The van der Waals surface area contributed by atoms with Crippen molar-refractivity contribution in [2.24, 2.45) is 0 Å². The van der Waals surface area contributed by atoms with Gasteiger partial charge < -0.3 is 14.8 Å². The van der Waals surface area contributed by atoms with Gasteiger partial charge in [0.05, 0.1) is 13.7 Å². The molecular weight excluding hydrogens is 220 g/mol. The van der Waals surface area contributed by atoms with Crippen LogP contribution in [-0.2, 0) is 16.1 Å². The zero-order chi connectivity index (χ0) is 12.7. The molecule has 0 spiro atoms. The summed E-state index contributed by atoms with van der Waals surface area (Å²) >= 11 is 0. The molecule has 1 rings (SSSR count). The molecule has 1 unspecified atom stereocenters. The maximum atomic E-state index is 11.4. The number of pyridine rings is 1. The third kappa shape index (κ3) is 4.40. The van der Waals surface area contributed by atoms with Crippen molar-refractivity contribution >= 4 is 5.97 Å². The maximum absolute atomic E-state index is 11.4. The highest BCUT2D eigenvalue weighted by Gasteiger charge is 2.12. The van der Waals surface area contributed by atoms with Crippen molar-refractivity contribution < 1.29 is 14.3 Å². The number of hydrogen-bond acceptors (Lipinski definition) is 5. The van der Waals surface area contributed by atoms with Crippen LogP contribution >= 0.6 is 0 Å². The number of aromatic nitrogens is 1. The first-order valence-electron chi connectivity index (χ1n) is 5.56. The van der Waals surface area contributed by atoms with Crippen molar-refractivity contribution in [3.63, 3.8) is 0 Å². The first-order valence-corrected chi connectivity index (χ1v) is 5.56. The number of carbonyl (C=O) groups is 1. The van der Waals surface area contributed by atoms with E-state index in [0.717, 1.165) is 5.56 Å². The van der Waals surface area contributed by atoms with E-state index in [1.807, 2.05) is 12.1 Å². The van der Waals surface area contributed by atoms with Crippen LogP contribution in [-0.4, -0.2) is 30.7 Å². The van der Waals surface area contributed by atoms with Crippen molar-refractivity contribution in [2.45, 2.75) is 26.4 Å². The van der Waals surface area contributed by atoms with E-state index in [2.05, 4.69) is 10.3 Å². The van der Waals surface area contributed by atoms with Crippen molar-refractivity contribution in [3.05, 3.63) is 23.9 Å². The summed E-state index contributed by atoms with van der Waals surface area (Å²) in [6, 6.07) is 3.37. The fraction of sp³-hybridized carbons (Fsp3) is 0.500. The topological polar surface area (TPSA) is 60.5 Å². The Kier molecular flexibility index (Phi) is 5.42. The summed E-state index contributed by atoms with van der Waals surface area (Å²) in [4.78, 5) is 15.4. The minimum Gasteiger partial charge on any atom is -0.481 e. The average molecular weight is 238 g/mol. The molecule has 94 valence electrons. The molecule has 1 atom stereocenters. The minimum atomic E-state index is -0.325. The van der Waals surface area contributed by atoms with Gasteiger partial charge in [-0.15, -0.1) is 0 Å². The van der Waals surface area contributed by atoms with Crippen LogP contribution in [0.2, 0.25) is 0 Å². The largest absolute Gasteiger partial charge is 0.481 e. The molecular formula is C12H18N2O3. The first kappa shape index (κ1) is 13.4. The van der Waals surface area contributed by atoms with E-state index in [0.29, 0.717) is 19.0 Å². The normalized spacial score (nSPS) is 11.9. The second-order valence-corrected chi connectivity index (χ2v) is 3.56. The molecule has 1 aromatic heterocycles. The van der Waals surface area contributed by atoms with Gasteiger partial charge in [0.2, 0.25) is 5.88 Å². The number of hydrogen-bond donors (Lipinski definition) is 1. The average Bonchev–Trinajstić information content (AvgIpc) is 2.36. The molecule has 5 heteroatoms. The second kappa shape index (κ2) is 6.85. The molecule has 0 aliphatic carbocycles. The van der Waals surface area contributed by atoms with Crippen molar-refractivity contribution in [1.82, 2.24) is 10.3 Å². The Hall–Kier alpha value is -1.62. The maximum Gasteiger partial charge on any atom is 0.322 e. The van der Waals surface area contributed by atoms with Crippen LogP contribution in [0.4, 0.5) is 0 Å². The van der Waals surface area contributed by atoms with Crippen LogP contribution in [0.5, 0.6) is 5.88 Å². The van der Waals surface area contributed by atoms with Gasteiger partial charge >= 0.3 is 5.97 Å². The SMILES string of the molecule is CCOC(=O)C(C)NCc1ccnc(OC)c1. The van der Waals surface area contributed by atoms with Crippen LogP contribution in [0.3, 0.4) is 0 Å². The lowest BCUT2D eigenvalue weighted by Gasteiger charge is -2.12. The Morgan fingerprint density at radius 1 is 1.59 bits per heavy atom. The molecule has 0 saturated heterocycles. The third-order valence-corrected chi connectivity index (χ3v) is 2.26. The third-order valence-electron chi connectivity index (χ3n) is 2.26. The van der Waals surface area contributed by atoms with Crippen LogP contribution in [0, 0.1) is 0 Å². The molecule has 0 saturated carbocycles. The summed E-state index contributed by atoms with van der Waals surface area (Å²) in [6.45, 7) is 4.53. The molecule has 0 radical (unpaired) electrons. The summed E-state index contributed by atoms with van der Waals surface area (Å²) < 4.78 is 9.92. The molecule has 0 fully saturated rings. The van der Waals surface area contributed by atoms with Gasteiger partial charge in [-0.25, -0.2) is 4.98 Å².